The molecule has 0 unspecified atom stereocenters. The number of esters is 2. The molecule has 11 heteroatoms. The van der Waals surface area contributed by atoms with Gasteiger partial charge in [-0.25, -0.2) is 13.2 Å². The Labute approximate surface area is 184 Å². The number of carbonyl (C=O) groups excluding carboxylic acids is 2. The van der Waals surface area contributed by atoms with E-state index in [1.165, 1.54) is 0 Å². The number of nitrogen functional groups attached to an aromatic ring is 1. The van der Waals surface area contributed by atoms with Crippen LogP contribution in [0.15, 0.2) is 24.3 Å². The number of nitriles is 1. The van der Waals surface area contributed by atoms with Crippen LogP contribution < -0.4 is 5.73 Å². The summed E-state index contributed by atoms with van der Waals surface area (Å²) in [6, 6.07) is 8.12. The van der Waals surface area contributed by atoms with Gasteiger partial charge in [0.15, 0.2) is 0 Å². The molecular formula is C20H21N3O6S2. The van der Waals surface area contributed by atoms with E-state index in [4.69, 9.17) is 15.2 Å². The van der Waals surface area contributed by atoms with E-state index in [1.54, 1.807) is 13.0 Å². The summed E-state index contributed by atoms with van der Waals surface area (Å²) in [5.41, 5.74) is 7.69. The van der Waals surface area contributed by atoms with Crippen molar-refractivity contribution in [2.45, 2.75) is 32.5 Å². The molecule has 0 saturated carbocycles. The van der Waals surface area contributed by atoms with Gasteiger partial charge in [-0.1, -0.05) is 24.3 Å². The largest absolute Gasteiger partial charge is 0.462 e. The van der Waals surface area contributed by atoms with Gasteiger partial charge in [-0.05, 0) is 18.1 Å². The van der Waals surface area contributed by atoms with Gasteiger partial charge in [-0.2, -0.15) is 9.57 Å². The third-order valence-corrected chi connectivity index (χ3v) is 7.15. The van der Waals surface area contributed by atoms with Gasteiger partial charge in [0, 0.05) is 18.5 Å². The summed E-state index contributed by atoms with van der Waals surface area (Å²) < 4.78 is 36.1. The van der Waals surface area contributed by atoms with Crippen molar-refractivity contribution in [1.29, 1.82) is 5.26 Å². The van der Waals surface area contributed by atoms with Crippen LogP contribution in [-0.2, 0) is 43.9 Å². The fourth-order valence-electron chi connectivity index (χ4n) is 3.39. The Morgan fingerprint density at radius 1 is 1.29 bits per heavy atom. The van der Waals surface area contributed by atoms with Gasteiger partial charge in [0.2, 0.25) is 10.0 Å². The number of carbonyl (C=O) groups is 2. The van der Waals surface area contributed by atoms with Crippen LogP contribution in [0.1, 0.15) is 38.8 Å². The van der Waals surface area contributed by atoms with Gasteiger partial charge in [0.05, 0.1) is 18.4 Å². The van der Waals surface area contributed by atoms with Gasteiger partial charge < -0.3 is 15.2 Å². The van der Waals surface area contributed by atoms with Crippen LogP contribution in [0.2, 0.25) is 0 Å². The zero-order chi connectivity index (χ0) is 22.8. The summed E-state index contributed by atoms with van der Waals surface area (Å²) in [7, 11) is -3.70. The molecular weight excluding hydrogens is 442 g/mol. The van der Waals surface area contributed by atoms with Gasteiger partial charge >= 0.3 is 11.9 Å². The van der Waals surface area contributed by atoms with Crippen molar-refractivity contribution in [2.24, 2.45) is 0 Å². The van der Waals surface area contributed by atoms with Crippen LogP contribution in [0.4, 0.5) is 5.00 Å². The summed E-state index contributed by atoms with van der Waals surface area (Å²) in [5.74, 6) is -1.44. The molecule has 0 saturated heterocycles. The molecule has 2 N–H and O–H groups in total. The van der Waals surface area contributed by atoms with Crippen molar-refractivity contribution < 1.29 is 27.5 Å². The fourth-order valence-corrected chi connectivity index (χ4v) is 5.31. The summed E-state index contributed by atoms with van der Waals surface area (Å²) >= 11 is 0.880. The van der Waals surface area contributed by atoms with Crippen LogP contribution in [0.3, 0.4) is 0 Å². The molecule has 9 nitrogen and oxygen atoms in total. The number of thiophene rings is 1. The molecule has 164 valence electrons. The Bertz CT molecular complexity index is 1170. The third kappa shape index (κ3) is 4.71. The van der Waals surface area contributed by atoms with E-state index >= 15 is 0 Å². The first-order valence-electron chi connectivity index (χ1n) is 9.36. The summed E-state index contributed by atoms with van der Waals surface area (Å²) in [5, 5.41) is 9.50. The van der Waals surface area contributed by atoms with Gasteiger partial charge in [0.25, 0.3) is 0 Å². The molecule has 0 spiro atoms. The van der Waals surface area contributed by atoms with Crippen molar-refractivity contribution >= 4 is 38.3 Å². The van der Waals surface area contributed by atoms with Crippen molar-refractivity contribution in [3.63, 3.8) is 0 Å². The highest BCUT2D eigenvalue weighted by atomic mass is 32.2. The zero-order valence-corrected chi connectivity index (χ0v) is 18.6. The lowest BCUT2D eigenvalue weighted by molar-refractivity contribution is -0.150. The maximum Gasteiger partial charge on any atom is 0.348 e. The minimum Gasteiger partial charge on any atom is -0.462 e. The fraction of sp³-hybridized carbons (Fsp3) is 0.350. The number of hydrogen-bond acceptors (Lipinski definition) is 9. The highest BCUT2D eigenvalue weighted by Gasteiger charge is 2.38. The van der Waals surface area contributed by atoms with E-state index in [1.807, 2.05) is 24.3 Å². The number of fused-ring (bicyclic) bond motifs is 1. The number of anilines is 1. The lowest BCUT2D eigenvalue weighted by atomic mass is 9.96. The molecule has 1 aromatic carbocycles. The Morgan fingerprint density at radius 2 is 1.97 bits per heavy atom. The van der Waals surface area contributed by atoms with Crippen LogP contribution >= 0.6 is 11.3 Å². The minimum absolute atomic E-state index is 0.0369. The molecule has 3 rings (SSSR count). The molecule has 1 aliphatic heterocycles. The minimum atomic E-state index is -3.70. The number of sulfonamides is 1. The SMILES string of the molecule is CCOC(=O)c1sc(N)c(C#N)c1COC(=O)[C@@H]1Cc2ccccc2CN1S(C)(=O)=O. The second kappa shape index (κ2) is 9.05. The van der Waals surface area contributed by atoms with Crippen LogP contribution in [0, 0.1) is 11.3 Å². The maximum absolute atomic E-state index is 12.9. The second-order valence-electron chi connectivity index (χ2n) is 6.89. The molecule has 31 heavy (non-hydrogen) atoms. The Hall–Kier alpha value is -2.94. The van der Waals surface area contributed by atoms with Gasteiger partial charge in [-0.15, -0.1) is 11.3 Å². The quantitative estimate of drug-likeness (QED) is 0.640. The number of rotatable bonds is 6. The topological polar surface area (TPSA) is 140 Å². The molecule has 2 heterocycles. The summed E-state index contributed by atoms with van der Waals surface area (Å²) in [6.07, 6.45) is 1.19. The Kier molecular flexibility index (Phi) is 6.64. The number of nitrogens with two attached hydrogens (primary N) is 1. The molecule has 1 aliphatic rings. The monoisotopic (exact) mass is 463 g/mol. The predicted molar refractivity (Wildman–Crippen MR) is 114 cm³/mol. The van der Waals surface area contributed by atoms with E-state index in [-0.39, 0.29) is 40.6 Å². The standard InChI is InChI=1S/C20H21N3O6S2/c1-3-28-20(25)17-15(14(9-21)18(22)30-17)11-29-19(24)16-8-12-6-4-5-7-13(12)10-23(16)31(2,26)27/h4-7,16H,3,8,10-11,22H2,1-2H3/t16-/m0/s1. The van der Waals surface area contributed by atoms with Crippen molar-refractivity contribution in [1.82, 2.24) is 4.31 Å². The lowest BCUT2D eigenvalue weighted by Crippen LogP contribution is -2.48. The maximum atomic E-state index is 12.9. The smallest absolute Gasteiger partial charge is 0.348 e. The van der Waals surface area contributed by atoms with Gasteiger partial charge in [-0.3, -0.25) is 4.79 Å². The number of nitrogens with zero attached hydrogens (tertiary/aromatic N) is 2. The van der Waals surface area contributed by atoms with Crippen molar-refractivity contribution in [3.8, 4) is 6.07 Å². The van der Waals surface area contributed by atoms with E-state index in [2.05, 4.69) is 0 Å². The molecule has 0 amide bonds. The molecule has 0 radical (unpaired) electrons. The molecule has 1 atom stereocenters. The Balaban J connectivity index is 1.86. The van der Waals surface area contributed by atoms with Crippen molar-refractivity contribution in [3.05, 3.63) is 51.4 Å². The molecule has 0 fully saturated rings. The van der Waals surface area contributed by atoms with E-state index in [0.29, 0.717) is 0 Å². The summed E-state index contributed by atoms with van der Waals surface area (Å²) in [6.45, 7) is 1.42. The second-order valence-corrected chi connectivity index (χ2v) is 9.87. The zero-order valence-electron chi connectivity index (χ0n) is 17.0. The highest BCUT2D eigenvalue weighted by molar-refractivity contribution is 7.88. The first-order valence-corrected chi connectivity index (χ1v) is 12.0. The van der Waals surface area contributed by atoms with E-state index in [9.17, 15) is 23.3 Å². The number of hydrogen-bond donors (Lipinski definition) is 1. The van der Waals surface area contributed by atoms with Crippen LogP contribution in [-0.4, -0.2) is 43.6 Å². The van der Waals surface area contributed by atoms with Gasteiger partial charge in [0.1, 0.15) is 28.6 Å². The highest BCUT2D eigenvalue weighted by Crippen LogP contribution is 2.32. The molecule has 2 aromatic rings. The lowest BCUT2D eigenvalue weighted by Gasteiger charge is -2.33. The molecule has 1 aromatic heterocycles. The average Bonchev–Trinajstić information content (AvgIpc) is 3.05. The summed E-state index contributed by atoms with van der Waals surface area (Å²) in [4.78, 5) is 25.2. The predicted octanol–water partition coefficient (Wildman–Crippen LogP) is 1.81. The van der Waals surface area contributed by atoms with Crippen LogP contribution in [0.25, 0.3) is 0 Å². The third-order valence-electron chi connectivity index (χ3n) is 4.87. The van der Waals surface area contributed by atoms with E-state index in [0.717, 1.165) is 33.0 Å². The first-order chi connectivity index (χ1) is 14.7. The number of ether oxygens (including phenoxy) is 2. The first kappa shape index (κ1) is 22.7. The van der Waals surface area contributed by atoms with Crippen molar-refractivity contribution in [2.75, 3.05) is 18.6 Å². The van der Waals surface area contributed by atoms with E-state index < -0.39 is 34.6 Å². The van der Waals surface area contributed by atoms with Crippen LogP contribution in [0.5, 0.6) is 0 Å². The average molecular weight is 464 g/mol. The molecule has 0 aliphatic carbocycles. The normalized spacial score (nSPS) is 16.2. The molecule has 0 bridgehead atoms. The Morgan fingerprint density at radius 3 is 2.58 bits per heavy atom. The number of benzene rings is 1.